The molecular formula is C20H28N2O5S. The zero-order chi connectivity index (χ0) is 20.3. The van der Waals surface area contributed by atoms with E-state index in [1.807, 2.05) is 4.90 Å². The second-order valence-corrected chi connectivity index (χ2v) is 8.25. The number of anilines is 1. The number of amides is 2. The van der Waals surface area contributed by atoms with Crippen LogP contribution in [0.5, 0.6) is 0 Å². The molecule has 1 saturated heterocycles. The number of hydrogen-bond acceptors (Lipinski definition) is 6. The van der Waals surface area contributed by atoms with Crippen LogP contribution in [0.1, 0.15) is 71.5 Å². The minimum absolute atomic E-state index is 0.209. The number of nitrogens with one attached hydrogen (secondary N) is 1. The van der Waals surface area contributed by atoms with Gasteiger partial charge >= 0.3 is 18.0 Å². The monoisotopic (exact) mass is 408 g/mol. The van der Waals surface area contributed by atoms with E-state index in [-0.39, 0.29) is 30.9 Å². The zero-order valence-corrected chi connectivity index (χ0v) is 17.5. The molecule has 1 aliphatic carbocycles. The summed E-state index contributed by atoms with van der Waals surface area (Å²) in [6, 6.07) is 0.0594. The van der Waals surface area contributed by atoms with Gasteiger partial charge in [-0.3, -0.25) is 5.32 Å². The lowest BCUT2D eigenvalue weighted by Gasteiger charge is -2.37. The van der Waals surface area contributed by atoms with Crippen molar-refractivity contribution in [2.45, 2.75) is 58.9 Å². The van der Waals surface area contributed by atoms with Crippen LogP contribution in [0.4, 0.5) is 9.80 Å². The number of nitrogens with zero attached hydrogens (tertiary/aromatic N) is 1. The maximum absolute atomic E-state index is 13.0. The van der Waals surface area contributed by atoms with Crippen molar-refractivity contribution >= 4 is 34.3 Å². The molecule has 8 heteroatoms. The van der Waals surface area contributed by atoms with Crippen LogP contribution < -0.4 is 5.32 Å². The van der Waals surface area contributed by atoms with Crippen LogP contribution in [0.25, 0.3) is 0 Å². The van der Waals surface area contributed by atoms with Crippen molar-refractivity contribution < 1.29 is 23.9 Å². The number of carbonyl (C=O) groups is 3. The highest BCUT2D eigenvalue weighted by molar-refractivity contribution is 7.18. The van der Waals surface area contributed by atoms with E-state index in [0.717, 1.165) is 37.1 Å². The molecule has 0 spiro atoms. The minimum atomic E-state index is -0.542. The molecule has 154 valence electrons. The van der Waals surface area contributed by atoms with E-state index in [1.165, 1.54) is 12.8 Å². The van der Waals surface area contributed by atoms with E-state index in [4.69, 9.17) is 9.47 Å². The molecule has 7 nitrogen and oxygen atoms in total. The predicted octanol–water partition coefficient (Wildman–Crippen LogP) is 4.21. The Kier molecular flexibility index (Phi) is 6.59. The third-order valence-electron chi connectivity index (χ3n) is 5.56. The normalized spacial score (nSPS) is 21.2. The summed E-state index contributed by atoms with van der Waals surface area (Å²) in [5.74, 6) is -0.464. The summed E-state index contributed by atoms with van der Waals surface area (Å²) in [7, 11) is 0. The van der Waals surface area contributed by atoms with E-state index in [0.29, 0.717) is 21.4 Å². The maximum atomic E-state index is 13.0. The van der Waals surface area contributed by atoms with Crippen molar-refractivity contribution in [1.82, 2.24) is 4.90 Å². The molecule has 1 aromatic heterocycles. The van der Waals surface area contributed by atoms with Crippen molar-refractivity contribution in [3.63, 3.8) is 0 Å². The first-order valence-electron chi connectivity index (χ1n) is 10.0. The lowest BCUT2D eigenvalue weighted by atomic mass is 9.92. The first kappa shape index (κ1) is 20.6. The highest BCUT2D eigenvalue weighted by Gasteiger charge is 2.38. The summed E-state index contributed by atoms with van der Waals surface area (Å²) in [6.45, 7) is 6.30. The van der Waals surface area contributed by atoms with Gasteiger partial charge in [0.05, 0.1) is 18.8 Å². The van der Waals surface area contributed by atoms with Crippen molar-refractivity contribution in [3.05, 3.63) is 16.0 Å². The fourth-order valence-electron chi connectivity index (χ4n) is 4.32. The SMILES string of the molecule is CCOC(=O)c1sc(NC(=O)N2CCC[C@@H]3CCC[C@H]32)c(C(=O)OCC)c1C. The van der Waals surface area contributed by atoms with Crippen LogP contribution >= 0.6 is 11.3 Å². The molecule has 28 heavy (non-hydrogen) atoms. The number of urea groups is 1. The average molecular weight is 409 g/mol. The van der Waals surface area contributed by atoms with E-state index in [1.54, 1.807) is 20.8 Å². The standard InChI is InChI=1S/C20H28N2O5S/c1-4-26-18(23)15-12(3)16(19(24)27-5-2)28-17(15)21-20(25)22-11-7-9-13-8-6-10-14(13)22/h13-14H,4-11H2,1-3H3,(H,21,25)/t13-,14+/m0/s1. The van der Waals surface area contributed by atoms with Crippen LogP contribution in [0.15, 0.2) is 0 Å². The summed E-state index contributed by atoms with van der Waals surface area (Å²) in [6.07, 6.45) is 5.52. The fourth-order valence-corrected chi connectivity index (χ4v) is 5.40. The number of fused-ring (bicyclic) bond motifs is 1. The molecule has 1 N–H and O–H groups in total. The number of rotatable bonds is 5. The Morgan fingerprint density at radius 3 is 2.46 bits per heavy atom. The zero-order valence-electron chi connectivity index (χ0n) is 16.7. The van der Waals surface area contributed by atoms with Crippen LogP contribution in [0.3, 0.4) is 0 Å². The number of likely N-dealkylation sites (tertiary alicyclic amines) is 1. The van der Waals surface area contributed by atoms with Gasteiger partial charge < -0.3 is 14.4 Å². The second kappa shape index (κ2) is 8.94. The minimum Gasteiger partial charge on any atom is -0.462 e. The van der Waals surface area contributed by atoms with Crippen molar-refractivity contribution in [1.29, 1.82) is 0 Å². The molecule has 2 aliphatic rings. The predicted molar refractivity (Wildman–Crippen MR) is 107 cm³/mol. The Morgan fingerprint density at radius 1 is 1.07 bits per heavy atom. The van der Waals surface area contributed by atoms with Crippen molar-refractivity contribution in [2.24, 2.45) is 5.92 Å². The van der Waals surface area contributed by atoms with E-state index >= 15 is 0 Å². The van der Waals surface area contributed by atoms with Crippen LogP contribution in [0.2, 0.25) is 0 Å². The third kappa shape index (κ3) is 4.01. The molecule has 1 saturated carbocycles. The fraction of sp³-hybridized carbons (Fsp3) is 0.650. The average Bonchev–Trinajstić information content (AvgIpc) is 3.26. The smallest absolute Gasteiger partial charge is 0.348 e. The van der Waals surface area contributed by atoms with Crippen LogP contribution in [-0.2, 0) is 9.47 Å². The molecule has 0 aromatic carbocycles. The lowest BCUT2D eigenvalue weighted by Crippen LogP contribution is -2.48. The number of esters is 2. The van der Waals surface area contributed by atoms with Gasteiger partial charge in [0.15, 0.2) is 0 Å². The van der Waals surface area contributed by atoms with Gasteiger partial charge in [0.25, 0.3) is 0 Å². The van der Waals surface area contributed by atoms with Gasteiger partial charge in [0.1, 0.15) is 9.88 Å². The topological polar surface area (TPSA) is 84.9 Å². The van der Waals surface area contributed by atoms with E-state index in [9.17, 15) is 14.4 Å². The summed E-state index contributed by atoms with van der Waals surface area (Å²) in [5, 5.41) is 3.24. The summed E-state index contributed by atoms with van der Waals surface area (Å²) in [5.41, 5.74) is 0.720. The summed E-state index contributed by atoms with van der Waals surface area (Å²) in [4.78, 5) is 40.0. The molecule has 0 unspecified atom stereocenters. The number of thiophene rings is 1. The Hall–Kier alpha value is -2.09. The Morgan fingerprint density at radius 2 is 1.75 bits per heavy atom. The van der Waals surface area contributed by atoms with Crippen LogP contribution in [0, 0.1) is 12.8 Å². The van der Waals surface area contributed by atoms with E-state index in [2.05, 4.69) is 5.32 Å². The van der Waals surface area contributed by atoms with Gasteiger partial charge in [0.2, 0.25) is 0 Å². The first-order chi connectivity index (χ1) is 13.5. The van der Waals surface area contributed by atoms with Crippen LogP contribution in [-0.4, -0.2) is 48.7 Å². The molecule has 2 amide bonds. The van der Waals surface area contributed by atoms with Gasteiger partial charge in [-0.15, -0.1) is 11.3 Å². The largest absolute Gasteiger partial charge is 0.462 e. The van der Waals surface area contributed by atoms with E-state index < -0.39 is 11.9 Å². The maximum Gasteiger partial charge on any atom is 0.348 e. The summed E-state index contributed by atoms with van der Waals surface area (Å²) < 4.78 is 10.2. The van der Waals surface area contributed by atoms with Gasteiger partial charge in [-0.25, -0.2) is 14.4 Å². The molecule has 3 rings (SSSR count). The van der Waals surface area contributed by atoms with Crippen molar-refractivity contribution in [3.8, 4) is 0 Å². The van der Waals surface area contributed by atoms with Gasteiger partial charge in [-0.1, -0.05) is 6.42 Å². The molecule has 1 aromatic rings. The quantitative estimate of drug-likeness (QED) is 0.738. The Bertz CT molecular complexity index is 760. The molecule has 0 radical (unpaired) electrons. The number of carbonyl (C=O) groups excluding carboxylic acids is 3. The molecular weight excluding hydrogens is 380 g/mol. The number of hydrogen-bond donors (Lipinski definition) is 1. The van der Waals surface area contributed by atoms with Gasteiger partial charge in [0, 0.05) is 12.6 Å². The molecule has 2 fully saturated rings. The van der Waals surface area contributed by atoms with Gasteiger partial charge in [-0.2, -0.15) is 0 Å². The highest BCUT2D eigenvalue weighted by atomic mass is 32.1. The second-order valence-electron chi connectivity index (χ2n) is 7.23. The highest BCUT2D eigenvalue weighted by Crippen LogP contribution is 2.38. The van der Waals surface area contributed by atoms with Gasteiger partial charge in [-0.05, 0) is 57.9 Å². The molecule has 0 bridgehead atoms. The third-order valence-corrected chi connectivity index (χ3v) is 6.75. The Labute approximate surface area is 169 Å². The molecule has 2 atom stereocenters. The first-order valence-corrected chi connectivity index (χ1v) is 10.8. The Balaban J connectivity index is 1.87. The number of ether oxygens (including phenoxy) is 2. The molecule has 1 aliphatic heterocycles. The number of piperidine rings is 1. The van der Waals surface area contributed by atoms with Crippen molar-refractivity contribution in [2.75, 3.05) is 25.1 Å². The molecule has 2 heterocycles. The lowest BCUT2D eigenvalue weighted by molar-refractivity contribution is 0.0527. The summed E-state index contributed by atoms with van der Waals surface area (Å²) >= 11 is 1.07.